The molecule has 0 bridgehead atoms. The number of nitro benzene ring substituents is 1. The molecule has 0 aliphatic carbocycles. The Balaban J connectivity index is 1.66. The lowest BCUT2D eigenvalue weighted by Crippen LogP contribution is -2.39. The average Bonchev–Trinajstić information content (AvgIpc) is 2.78. The van der Waals surface area contributed by atoms with E-state index in [9.17, 15) is 23.3 Å². The van der Waals surface area contributed by atoms with Gasteiger partial charge in [0.25, 0.3) is 11.6 Å². The highest BCUT2D eigenvalue weighted by Crippen LogP contribution is 2.25. The van der Waals surface area contributed by atoms with E-state index >= 15 is 0 Å². The van der Waals surface area contributed by atoms with Crippen LogP contribution in [0.5, 0.6) is 11.5 Å². The minimum absolute atomic E-state index is 0.117. The number of hydrogen-bond acceptors (Lipinski definition) is 7. The Kier molecular flexibility index (Phi) is 7.36. The molecule has 0 aliphatic rings. The number of benzene rings is 3. The summed E-state index contributed by atoms with van der Waals surface area (Å²) in [6.07, 6.45) is 2.21. The number of ether oxygens (including phenoxy) is 1. The first-order valence-electron chi connectivity index (χ1n) is 9.59. The standard InChI is InChI=1S/C22H20N4O6S/c1-33(30,31)25(18-10-12-21(13-11-18)32-20-8-3-2-4-9-20)16-22(27)24-23-15-17-6-5-7-19(14-17)26(28)29/h2-15H,16H2,1H3,(H,24,27)/b23-15-. The Labute approximate surface area is 190 Å². The van der Waals surface area contributed by atoms with Crippen molar-refractivity contribution in [2.24, 2.45) is 5.10 Å². The Bertz CT molecular complexity index is 1260. The second-order valence-electron chi connectivity index (χ2n) is 6.82. The number of nitro groups is 1. The maximum atomic E-state index is 12.3. The molecule has 0 radical (unpaired) electrons. The fourth-order valence-corrected chi connectivity index (χ4v) is 3.62. The Morgan fingerprint density at radius 1 is 1.06 bits per heavy atom. The predicted molar refractivity (Wildman–Crippen MR) is 124 cm³/mol. The van der Waals surface area contributed by atoms with Gasteiger partial charge in [-0.2, -0.15) is 5.10 Å². The van der Waals surface area contributed by atoms with Gasteiger partial charge in [0, 0.05) is 17.7 Å². The Hall–Kier alpha value is -4.25. The number of hydrogen-bond donors (Lipinski definition) is 1. The highest BCUT2D eigenvalue weighted by Gasteiger charge is 2.20. The Morgan fingerprint density at radius 2 is 1.73 bits per heavy atom. The number of nitrogens with one attached hydrogen (secondary N) is 1. The third kappa shape index (κ3) is 6.87. The van der Waals surface area contributed by atoms with E-state index in [0.29, 0.717) is 17.1 Å². The van der Waals surface area contributed by atoms with Gasteiger partial charge in [0.2, 0.25) is 10.0 Å². The van der Waals surface area contributed by atoms with Crippen LogP contribution in [0.1, 0.15) is 5.56 Å². The number of non-ortho nitro benzene ring substituents is 1. The van der Waals surface area contributed by atoms with E-state index < -0.39 is 27.4 Å². The van der Waals surface area contributed by atoms with Gasteiger partial charge >= 0.3 is 0 Å². The average molecular weight is 468 g/mol. The number of hydrazone groups is 1. The fourth-order valence-electron chi connectivity index (χ4n) is 2.77. The van der Waals surface area contributed by atoms with Crippen LogP contribution in [-0.2, 0) is 14.8 Å². The van der Waals surface area contributed by atoms with Gasteiger partial charge in [-0.3, -0.25) is 19.2 Å². The minimum atomic E-state index is -3.77. The van der Waals surface area contributed by atoms with Crippen molar-refractivity contribution in [2.75, 3.05) is 17.1 Å². The maximum absolute atomic E-state index is 12.3. The summed E-state index contributed by atoms with van der Waals surface area (Å²) < 4.78 is 31.1. The second-order valence-corrected chi connectivity index (χ2v) is 8.73. The number of sulfonamides is 1. The molecule has 0 spiro atoms. The lowest BCUT2D eigenvalue weighted by molar-refractivity contribution is -0.384. The molecule has 10 nitrogen and oxygen atoms in total. The van der Waals surface area contributed by atoms with Gasteiger partial charge in [0.05, 0.1) is 23.1 Å². The maximum Gasteiger partial charge on any atom is 0.270 e. The number of rotatable bonds is 9. The highest BCUT2D eigenvalue weighted by molar-refractivity contribution is 7.92. The van der Waals surface area contributed by atoms with Crippen LogP contribution in [0.2, 0.25) is 0 Å². The van der Waals surface area contributed by atoms with E-state index in [-0.39, 0.29) is 11.4 Å². The first-order chi connectivity index (χ1) is 15.7. The molecular formula is C22H20N4O6S. The van der Waals surface area contributed by atoms with Crippen LogP contribution >= 0.6 is 0 Å². The number of amides is 1. The topological polar surface area (TPSA) is 131 Å². The van der Waals surface area contributed by atoms with Crippen molar-refractivity contribution >= 4 is 33.5 Å². The molecule has 11 heteroatoms. The van der Waals surface area contributed by atoms with E-state index in [1.807, 2.05) is 18.2 Å². The summed E-state index contributed by atoms with van der Waals surface area (Å²) >= 11 is 0. The van der Waals surface area contributed by atoms with Crippen LogP contribution in [-0.4, -0.2) is 38.3 Å². The zero-order chi connectivity index (χ0) is 23.8. The first-order valence-corrected chi connectivity index (χ1v) is 11.4. The Morgan fingerprint density at radius 3 is 2.36 bits per heavy atom. The van der Waals surface area contributed by atoms with Gasteiger partial charge in [0.1, 0.15) is 18.0 Å². The second kappa shape index (κ2) is 10.4. The van der Waals surface area contributed by atoms with Gasteiger partial charge in [-0.1, -0.05) is 30.3 Å². The molecule has 3 aromatic carbocycles. The molecule has 0 atom stereocenters. The molecule has 0 aromatic heterocycles. The van der Waals surface area contributed by atoms with Gasteiger partial charge in [-0.15, -0.1) is 0 Å². The summed E-state index contributed by atoms with van der Waals surface area (Å²) in [5, 5.41) is 14.6. The molecule has 0 saturated carbocycles. The summed E-state index contributed by atoms with van der Waals surface area (Å²) in [4.78, 5) is 22.6. The molecule has 0 aliphatic heterocycles. The van der Waals surface area contributed by atoms with E-state index in [1.54, 1.807) is 30.3 Å². The molecule has 0 fully saturated rings. The molecule has 3 aromatic rings. The molecule has 0 unspecified atom stereocenters. The molecule has 0 heterocycles. The molecule has 1 amide bonds. The van der Waals surface area contributed by atoms with Crippen LogP contribution in [0, 0.1) is 10.1 Å². The van der Waals surface area contributed by atoms with Crippen molar-refractivity contribution in [3.05, 3.63) is 94.5 Å². The fraction of sp³-hybridized carbons (Fsp3) is 0.0909. The number of carbonyl (C=O) groups excluding carboxylic acids is 1. The SMILES string of the molecule is CS(=O)(=O)N(CC(=O)N/N=C\c1cccc([N+](=O)[O-])c1)c1ccc(Oc2ccccc2)cc1. The number of para-hydroxylation sites is 1. The monoisotopic (exact) mass is 468 g/mol. The normalized spacial score (nSPS) is 11.2. The minimum Gasteiger partial charge on any atom is -0.457 e. The summed E-state index contributed by atoms with van der Waals surface area (Å²) in [6, 6.07) is 21.0. The van der Waals surface area contributed by atoms with Crippen molar-refractivity contribution in [3.8, 4) is 11.5 Å². The van der Waals surface area contributed by atoms with E-state index in [0.717, 1.165) is 10.6 Å². The first kappa shape index (κ1) is 23.4. The van der Waals surface area contributed by atoms with E-state index in [4.69, 9.17) is 4.74 Å². The molecule has 33 heavy (non-hydrogen) atoms. The van der Waals surface area contributed by atoms with Crippen molar-refractivity contribution in [3.63, 3.8) is 0 Å². The van der Waals surface area contributed by atoms with Crippen LogP contribution in [0.4, 0.5) is 11.4 Å². The molecular weight excluding hydrogens is 448 g/mol. The predicted octanol–water partition coefficient (Wildman–Crippen LogP) is 3.30. The van der Waals surface area contributed by atoms with Gasteiger partial charge in [-0.05, 0) is 36.4 Å². The van der Waals surface area contributed by atoms with Gasteiger partial charge in [0.15, 0.2) is 0 Å². The smallest absolute Gasteiger partial charge is 0.270 e. The molecule has 170 valence electrons. The molecule has 0 saturated heterocycles. The lowest BCUT2D eigenvalue weighted by Gasteiger charge is -2.21. The van der Waals surface area contributed by atoms with Gasteiger partial charge in [-0.25, -0.2) is 13.8 Å². The van der Waals surface area contributed by atoms with Gasteiger partial charge < -0.3 is 4.74 Å². The summed E-state index contributed by atoms with van der Waals surface area (Å²) in [7, 11) is -3.77. The van der Waals surface area contributed by atoms with Crippen molar-refractivity contribution < 1.29 is 22.9 Å². The van der Waals surface area contributed by atoms with E-state index in [2.05, 4.69) is 10.5 Å². The third-order valence-corrected chi connectivity index (χ3v) is 5.42. The van der Waals surface area contributed by atoms with E-state index in [1.165, 1.54) is 36.5 Å². The molecule has 3 rings (SSSR count). The van der Waals surface area contributed by atoms with Crippen LogP contribution in [0.3, 0.4) is 0 Å². The van der Waals surface area contributed by atoms with Crippen LogP contribution in [0.15, 0.2) is 84.0 Å². The zero-order valence-electron chi connectivity index (χ0n) is 17.5. The highest BCUT2D eigenvalue weighted by atomic mass is 32.2. The lowest BCUT2D eigenvalue weighted by atomic mass is 10.2. The summed E-state index contributed by atoms with van der Waals surface area (Å²) in [6.45, 7) is -0.510. The zero-order valence-corrected chi connectivity index (χ0v) is 18.3. The molecule has 1 N–H and O–H groups in total. The number of carbonyl (C=O) groups is 1. The number of anilines is 1. The third-order valence-electron chi connectivity index (χ3n) is 4.28. The van der Waals surface area contributed by atoms with Crippen molar-refractivity contribution in [2.45, 2.75) is 0 Å². The van der Waals surface area contributed by atoms with Crippen LogP contribution < -0.4 is 14.5 Å². The summed E-state index contributed by atoms with van der Waals surface area (Å²) in [5.74, 6) is 0.447. The quantitative estimate of drug-likeness (QED) is 0.291. The van der Waals surface area contributed by atoms with Crippen LogP contribution in [0.25, 0.3) is 0 Å². The van der Waals surface area contributed by atoms with Crippen molar-refractivity contribution in [1.29, 1.82) is 0 Å². The summed E-state index contributed by atoms with van der Waals surface area (Å²) in [5.41, 5.74) is 2.78. The number of nitrogens with zero attached hydrogens (tertiary/aromatic N) is 3. The van der Waals surface area contributed by atoms with Crippen molar-refractivity contribution in [1.82, 2.24) is 5.43 Å². The largest absolute Gasteiger partial charge is 0.457 e.